The number of nitriles is 1. The third-order valence-corrected chi connectivity index (χ3v) is 2.34. The molecule has 68 valence electrons. The Bertz CT molecular complexity index is 546. The SMILES string of the molecule is N#Cc1cnc2c(O)cccc2c1Cl. The van der Waals surface area contributed by atoms with E-state index in [4.69, 9.17) is 16.9 Å². The van der Waals surface area contributed by atoms with Crippen LogP contribution in [0.1, 0.15) is 5.56 Å². The molecule has 1 N–H and O–H groups in total. The zero-order valence-electron chi connectivity index (χ0n) is 7.03. The van der Waals surface area contributed by atoms with Crippen LogP contribution in [0, 0.1) is 11.3 Å². The summed E-state index contributed by atoms with van der Waals surface area (Å²) in [4.78, 5) is 3.96. The van der Waals surface area contributed by atoms with Crippen LogP contribution in [0.15, 0.2) is 24.4 Å². The lowest BCUT2D eigenvalue weighted by atomic mass is 10.1. The maximum Gasteiger partial charge on any atom is 0.141 e. The van der Waals surface area contributed by atoms with E-state index in [0.717, 1.165) is 0 Å². The van der Waals surface area contributed by atoms with Gasteiger partial charge in [-0.05, 0) is 6.07 Å². The zero-order chi connectivity index (χ0) is 10.1. The second-order valence-corrected chi connectivity index (χ2v) is 3.15. The fourth-order valence-corrected chi connectivity index (χ4v) is 1.50. The highest BCUT2D eigenvalue weighted by Crippen LogP contribution is 2.29. The number of phenolic OH excluding ortho intramolecular Hbond substituents is 1. The Hall–Kier alpha value is -1.79. The highest BCUT2D eigenvalue weighted by Gasteiger charge is 2.08. The van der Waals surface area contributed by atoms with Gasteiger partial charge < -0.3 is 5.11 Å². The number of hydrogen-bond donors (Lipinski definition) is 1. The standard InChI is InChI=1S/C10H5ClN2O/c11-9-6(4-12)5-13-10-7(9)2-1-3-8(10)14/h1-3,5,14H. The zero-order valence-corrected chi connectivity index (χ0v) is 7.78. The van der Waals surface area contributed by atoms with E-state index in [1.165, 1.54) is 12.3 Å². The first-order valence-electron chi connectivity index (χ1n) is 3.90. The van der Waals surface area contributed by atoms with Crippen molar-refractivity contribution >= 4 is 22.5 Å². The van der Waals surface area contributed by atoms with E-state index in [1.807, 2.05) is 6.07 Å². The molecule has 0 fully saturated rings. The lowest BCUT2D eigenvalue weighted by Gasteiger charge is -2.02. The second kappa shape index (κ2) is 3.17. The molecule has 1 heterocycles. The summed E-state index contributed by atoms with van der Waals surface area (Å²) in [6.45, 7) is 0. The van der Waals surface area contributed by atoms with Crippen LogP contribution in [0.5, 0.6) is 5.75 Å². The quantitative estimate of drug-likeness (QED) is 0.717. The van der Waals surface area contributed by atoms with Crippen LogP contribution in [0.25, 0.3) is 10.9 Å². The summed E-state index contributed by atoms with van der Waals surface area (Å²) in [5.74, 6) is 0.0638. The number of pyridine rings is 1. The van der Waals surface area contributed by atoms with Gasteiger partial charge in [-0.3, -0.25) is 4.98 Å². The Morgan fingerprint density at radius 1 is 1.43 bits per heavy atom. The Morgan fingerprint density at radius 2 is 2.21 bits per heavy atom. The van der Waals surface area contributed by atoms with Crippen LogP contribution in [0.2, 0.25) is 5.02 Å². The van der Waals surface area contributed by atoms with E-state index in [-0.39, 0.29) is 5.75 Å². The number of nitrogens with zero attached hydrogens (tertiary/aromatic N) is 2. The number of para-hydroxylation sites is 1. The van der Waals surface area contributed by atoms with Crippen molar-refractivity contribution in [2.45, 2.75) is 0 Å². The van der Waals surface area contributed by atoms with Crippen LogP contribution in [0.4, 0.5) is 0 Å². The van der Waals surface area contributed by atoms with Crippen LogP contribution in [0.3, 0.4) is 0 Å². The Balaban J connectivity index is 2.92. The van der Waals surface area contributed by atoms with Gasteiger partial charge in [-0.25, -0.2) is 0 Å². The molecule has 2 aromatic rings. The van der Waals surface area contributed by atoms with Crippen molar-refractivity contribution in [1.82, 2.24) is 4.98 Å². The van der Waals surface area contributed by atoms with E-state index in [1.54, 1.807) is 12.1 Å². The summed E-state index contributed by atoms with van der Waals surface area (Å²) in [7, 11) is 0. The first-order chi connectivity index (χ1) is 6.74. The largest absolute Gasteiger partial charge is 0.506 e. The van der Waals surface area contributed by atoms with Crippen LogP contribution in [-0.4, -0.2) is 10.1 Å². The molecule has 1 aromatic carbocycles. The van der Waals surface area contributed by atoms with Gasteiger partial charge in [0.1, 0.15) is 17.3 Å². The van der Waals surface area contributed by atoms with E-state index in [0.29, 0.717) is 21.5 Å². The lowest BCUT2D eigenvalue weighted by molar-refractivity contribution is 0.480. The molecular formula is C10H5ClN2O. The van der Waals surface area contributed by atoms with Crippen molar-refractivity contribution < 1.29 is 5.11 Å². The maximum atomic E-state index is 9.46. The third-order valence-electron chi connectivity index (χ3n) is 1.93. The van der Waals surface area contributed by atoms with Crippen molar-refractivity contribution in [1.29, 1.82) is 5.26 Å². The monoisotopic (exact) mass is 204 g/mol. The predicted molar refractivity (Wildman–Crippen MR) is 53.1 cm³/mol. The van der Waals surface area contributed by atoms with Crippen molar-refractivity contribution in [2.24, 2.45) is 0 Å². The first-order valence-corrected chi connectivity index (χ1v) is 4.28. The average Bonchev–Trinajstić information content (AvgIpc) is 2.20. The summed E-state index contributed by atoms with van der Waals surface area (Å²) < 4.78 is 0. The first kappa shape index (κ1) is 8.79. The summed E-state index contributed by atoms with van der Waals surface area (Å²) in [5, 5.41) is 19.1. The molecule has 0 spiro atoms. The van der Waals surface area contributed by atoms with Gasteiger partial charge in [0, 0.05) is 11.6 Å². The van der Waals surface area contributed by atoms with E-state index in [2.05, 4.69) is 4.98 Å². The molecule has 0 aliphatic carbocycles. The van der Waals surface area contributed by atoms with Crippen LogP contribution >= 0.6 is 11.6 Å². The second-order valence-electron chi connectivity index (χ2n) is 2.77. The molecule has 0 aliphatic heterocycles. The van der Waals surface area contributed by atoms with E-state index in [9.17, 15) is 5.11 Å². The molecule has 0 atom stereocenters. The number of aromatic hydroxyl groups is 1. The number of rotatable bonds is 0. The molecule has 2 rings (SSSR count). The molecule has 0 amide bonds. The summed E-state index contributed by atoms with van der Waals surface area (Å²) in [5.41, 5.74) is 0.723. The molecule has 0 aliphatic rings. The Kier molecular flexibility index (Phi) is 1.99. The summed E-state index contributed by atoms with van der Waals surface area (Å²) in [6, 6.07) is 6.83. The fourth-order valence-electron chi connectivity index (χ4n) is 1.25. The van der Waals surface area contributed by atoms with Crippen molar-refractivity contribution in [3.8, 4) is 11.8 Å². The minimum atomic E-state index is 0.0638. The normalized spacial score (nSPS) is 10.0. The van der Waals surface area contributed by atoms with Gasteiger partial charge in [0.05, 0.1) is 10.6 Å². The Labute approximate surface area is 85.2 Å². The summed E-state index contributed by atoms with van der Waals surface area (Å²) in [6.07, 6.45) is 1.35. The van der Waals surface area contributed by atoms with E-state index < -0.39 is 0 Å². The van der Waals surface area contributed by atoms with Crippen molar-refractivity contribution in [2.75, 3.05) is 0 Å². The van der Waals surface area contributed by atoms with Gasteiger partial charge in [-0.2, -0.15) is 5.26 Å². The molecule has 0 saturated heterocycles. The number of hydrogen-bond acceptors (Lipinski definition) is 3. The molecule has 14 heavy (non-hydrogen) atoms. The number of halogens is 1. The minimum absolute atomic E-state index is 0.0638. The molecule has 1 aromatic heterocycles. The minimum Gasteiger partial charge on any atom is -0.506 e. The lowest BCUT2D eigenvalue weighted by Crippen LogP contribution is -1.85. The van der Waals surface area contributed by atoms with Crippen molar-refractivity contribution in [3.63, 3.8) is 0 Å². The van der Waals surface area contributed by atoms with Crippen LogP contribution < -0.4 is 0 Å². The Morgan fingerprint density at radius 3 is 2.93 bits per heavy atom. The smallest absolute Gasteiger partial charge is 0.141 e. The van der Waals surface area contributed by atoms with E-state index >= 15 is 0 Å². The van der Waals surface area contributed by atoms with Crippen molar-refractivity contribution in [3.05, 3.63) is 35.0 Å². The van der Waals surface area contributed by atoms with Gasteiger partial charge >= 0.3 is 0 Å². The van der Waals surface area contributed by atoms with Crippen LogP contribution in [-0.2, 0) is 0 Å². The number of aromatic nitrogens is 1. The maximum absolute atomic E-state index is 9.46. The highest BCUT2D eigenvalue weighted by atomic mass is 35.5. The number of phenols is 1. The molecule has 0 radical (unpaired) electrons. The molecule has 4 heteroatoms. The third kappa shape index (κ3) is 1.17. The summed E-state index contributed by atoms with van der Waals surface area (Å²) >= 11 is 5.94. The van der Waals surface area contributed by atoms with Gasteiger partial charge in [0.25, 0.3) is 0 Å². The fraction of sp³-hybridized carbons (Fsp3) is 0. The molecule has 3 nitrogen and oxygen atoms in total. The van der Waals surface area contributed by atoms with Gasteiger partial charge in [-0.15, -0.1) is 0 Å². The van der Waals surface area contributed by atoms with Gasteiger partial charge in [0.2, 0.25) is 0 Å². The van der Waals surface area contributed by atoms with Gasteiger partial charge in [0.15, 0.2) is 0 Å². The average molecular weight is 205 g/mol. The number of fused-ring (bicyclic) bond motifs is 1. The predicted octanol–water partition coefficient (Wildman–Crippen LogP) is 2.47. The molecule has 0 unspecified atom stereocenters. The molecular weight excluding hydrogens is 200 g/mol. The van der Waals surface area contributed by atoms with Gasteiger partial charge in [-0.1, -0.05) is 23.7 Å². The molecule has 0 saturated carbocycles. The topological polar surface area (TPSA) is 56.9 Å². The highest BCUT2D eigenvalue weighted by molar-refractivity contribution is 6.36. The molecule has 0 bridgehead atoms. The number of benzene rings is 1.